The van der Waals surface area contributed by atoms with E-state index in [0.29, 0.717) is 18.1 Å². The van der Waals surface area contributed by atoms with E-state index in [4.69, 9.17) is 15.0 Å². The van der Waals surface area contributed by atoms with Gasteiger partial charge in [0.1, 0.15) is 5.82 Å². The van der Waals surface area contributed by atoms with Crippen LogP contribution in [0.25, 0.3) is 11.0 Å². The number of halogens is 1. The molecule has 0 atom stereocenters. The van der Waals surface area contributed by atoms with E-state index in [1.807, 2.05) is 0 Å². The normalized spacial score (nSPS) is 16.5. The molecule has 0 saturated carbocycles. The number of nitrogens with two attached hydrogens (primary N) is 1. The number of primary amides is 1. The van der Waals surface area contributed by atoms with Crippen molar-refractivity contribution in [3.05, 3.63) is 29.7 Å². The average Bonchev–Trinajstić information content (AvgIpc) is 3.11. The number of ether oxygens (including phenoxy) is 1. The van der Waals surface area contributed by atoms with Gasteiger partial charge in [-0.3, -0.25) is 4.90 Å². The summed E-state index contributed by atoms with van der Waals surface area (Å²) in [4.78, 5) is 13.4. The lowest BCUT2D eigenvalue weighted by Gasteiger charge is -2.46. The Hall–Kier alpha value is -2.15. The molecule has 1 aliphatic heterocycles. The monoisotopic (exact) mass is 391 g/mol. The van der Waals surface area contributed by atoms with Gasteiger partial charge in [0, 0.05) is 22.9 Å². The lowest BCUT2D eigenvalue weighted by molar-refractivity contribution is 0.0379. The topological polar surface area (TPSA) is 81.6 Å². The molecule has 2 aromatic rings. The van der Waals surface area contributed by atoms with E-state index in [9.17, 15) is 9.18 Å². The van der Waals surface area contributed by atoms with Crippen LogP contribution in [0, 0.1) is 5.82 Å². The van der Waals surface area contributed by atoms with Gasteiger partial charge in [0.25, 0.3) is 0 Å². The van der Waals surface area contributed by atoms with Crippen LogP contribution in [0.15, 0.2) is 22.7 Å². The Morgan fingerprint density at radius 2 is 2.07 bits per heavy atom. The lowest BCUT2D eigenvalue weighted by atomic mass is 9.82. The minimum absolute atomic E-state index is 0.112. The molecule has 1 aromatic heterocycles. The van der Waals surface area contributed by atoms with Crippen LogP contribution in [0.4, 0.5) is 9.18 Å². The SMILES string of the molecule is CCC(CC)(CCCOC(N)=O)N1CCC(c2noc3cc(F)ccc23)CC1. The van der Waals surface area contributed by atoms with Gasteiger partial charge in [-0.1, -0.05) is 19.0 Å². The third-order valence-electron chi connectivity index (χ3n) is 6.36. The maximum absolute atomic E-state index is 13.4. The van der Waals surface area contributed by atoms with Gasteiger partial charge in [0.05, 0.1) is 12.3 Å². The summed E-state index contributed by atoms with van der Waals surface area (Å²) in [5, 5.41) is 5.16. The zero-order valence-electron chi connectivity index (χ0n) is 16.7. The number of nitrogens with zero attached hydrogens (tertiary/aromatic N) is 2. The maximum atomic E-state index is 13.4. The summed E-state index contributed by atoms with van der Waals surface area (Å²) >= 11 is 0. The molecule has 0 spiro atoms. The maximum Gasteiger partial charge on any atom is 0.404 e. The van der Waals surface area contributed by atoms with Crippen molar-refractivity contribution >= 4 is 17.1 Å². The number of piperidine rings is 1. The number of hydrogen-bond donors (Lipinski definition) is 1. The highest BCUT2D eigenvalue weighted by Crippen LogP contribution is 2.38. The molecule has 7 heteroatoms. The summed E-state index contributed by atoms with van der Waals surface area (Å²) in [6.07, 6.45) is 5.18. The van der Waals surface area contributed by atoms with E-state index in [1.165, 1.54) is 12.1 Å². The second kappa shape index (κ2) is 8.90. The Balaban J connectivity index is 1.64. The van der Waals surface area contributed by atoms with E-state index < -0.39 is 6.09 Å². The molecule has 2 heterocycles. The van der Waals surface area contributed by atoms with Crippen LogP contribution in [0.3, 0.4) is 0 Å². The summed E-state index contributed by atoms with van der Waals surface area (Å²) in [6, 6.07) is 4.63. The highest BCUT2D eigenvalue weighted by molar-refractivity contribution is 5.79. The second-order valence-electron chi connectivity index (χ2n) is 7.67. The number of hydrogen-bond acceptors (Lipinski definition) is 5. The summed E-state index contributed by atoms with van der Waals surface area (Å²) in [7, 11) is 0. The highest BCUT2D eigenvalue weighted by Gasteiger charge is 2.36. The quantitative estimate of drug-likeness (QED) is 0.666. The molecule has 1 aromatic carbocycles. The van der Waals surface area contributed by atoms with Crippen molar-refractivity contribution in [2.24, 2.45) is 5.73 Å². The number of carbonyl (C=O) groups is 1. The minimum Gasteiger partial charge on any atom is -0.450 e. The highest BCUT2D eigenvalue weighted by atomic mass is 19.1. The molecular weight excluding hydrogens is 361 g/mol. The summed E-state index contributed by atoms with van der Waals surface area (Å²) in [5.74, 6) is 0.0218. The van der Waals surface area contributed by atoms with Gasteiger partial charge in [-0.05, 0) is 63.7 Å². The van der Waals surface area contributed by atoms with Crippen molar-refractivity contribution in [1.29, 1.82) is 0 Å². The molecule has 1 saturated heterocycles. The van der Waals surface area contributed by atoms with Crippen molar-refractivity contribution in [1.82, 2.24) is 10.1 Å². The first-order chi connectivity index (χ1) is 13.5. The van der Waals surface area contributed by atoms with Gasteiger partial charge in [0.15, 0.2) is 5.58 Å². The van der Waals surface area contributed by atoms with Crippen molar-refractivity contribution in [2.45, 2.75) is 63.8 Å². The van der Waals surface area contributed by atoms with E-state index >= 15 is 0 Å². The Kier molecular flexibility index (Phi) is 6.54. The largest absolute Gasteiger partial charge is 0.450 e. The fraction of sp³-hybridized carbons (Fsp3) is 0.619. The molecule has 0 unspecified atom stereocenters. The standard InChI is InChI=1S/C21H30FN3O3/c1-3-21(4-2,10-5-13-27-20(23)26)25-11-8-15(9-12-25)19-17-7-6-16(22)14-18(17)28-24-19/h6-7,14-15H,3-5,8-13H2,1-2H3,(H2,23,26). The number of benzene rings is 1. The molecule has 0 bridgehead atoms. The fourth-order valence-electron chi connectivity index (χ4n) is 4.64. The molecule has 3 rings (SSSR count). The third kappa shape index (κ3) is 4.29. The Morgan fingerprint density at radius 1 is 1.36 bits per heavy atom. The van der Waals surface area contributed by atoms with Crippen LogP contribution < -0.4 is 5.73 Å². The predicted molar refractivity (Wildman–Crippen MR) is 106 cm³/mol. The van der Waals surface area contributed by atoms with Crippen LogP contribution in [-0.2, 0) is 4.74 Å². The number of carbonyl (C=O) groups excluding carboxylic acids is 1. The lowest BCUT2D eigenvalue weighted by Crippen LogP contribution is -2.51. The number of fused-ring (bicyclic) bond motifs is 1. The first-order valence-corrected chi connectivity index (χ1v) is 10.2. The van der Waals surface area contributed by atoms with Gasteiger partial charge in [0.2, 0.25) is 0 Å². The van der Waals surface area contributed by atoms with Crippen molar-refractivity contribution in [3.8, 4) is 0 Å². The van der Waals surface area contributed by atoms with Crippen molar-refractivity contribution in [3.63, 3.8) is 0 Å². The molecule has 28 heavy (non-hydrogen) atoms. The van der Waals surface area contributed by atoms with Gasteiger partial charge < -0.3 is 15.0 Å². The Bertz CT molecular complexity index is 795. The number of amides is 1. The van der Waals surface area contributed by atoms with E-state index in [-0.39, 0.29) is 11.4 Å². The van der Waals surface area contributed by atoms with E-state index in [1.54, 1.807) is 6.07 Å². The predicted octanol–water partition coefficient (Wildman–Crippen LogP) is 4.58. The van der Waals surface area contributed by atoms with Gasteiger partial charge in [-0.2, -0.15) is 0 Å². The molecular formula is C21H30FN3O3. The number of aromatic nitrogens is 1. The molecule has 154 valence electrons. The van der Waals surface area contributed by atoms with Crippen LogP contribution in [-0.4, -0.2) is 41.4 Å². The van der Waals surface area contributed by atoms with Crippen molar-refractivity contribution < 1.29 is 18.4 Å². The Morgan fingerprint density at radius 3 is 2.71 bits per heavy atom. The summed E-state index contributed by atoms with van der Waals surface area (Å²) in [5.41, 5.74) is 6.63. The van der Waals surface area contributed by atoms with Crippen LogP contribution >= 0.6 is 0 Å². The Labute approximate surface area is 165 Å². The molecule has 1 fully saturated rings. The van der Waals surface area contributed by atoms with Crippen molar-refractivity contribution in [2.75, 3.05) is 19.7 Å². The number of likely N-dealkylation sites (tertiary alicyclic amines) is 1. The molecule has 0 radical (unpaired) electrons. The van der Waals surface area contributed by atoms with Gasteiger partial charge in [-0.25, -0.2) is 9.18 Å². The third-order valence-corrected chi connectivity index (χ3v) is 6.36. The summed E-state index contributed by atoms with van der Waals surface area (Å²) in [6.45, 7) is 6.79. The molecule has 1 aliphatic rings. The minimum atomic E-state index is -0.709. The van der Waals surface area contributed by atoms with Gasteiger partial charge >= 0.3 is 6.09 Å². The zero-order chi connectivity index (χ0) is 20.1. The van der Waals surface area contributed by atoms with E-state index in [0.717, 1.165) is 62.7 Å². The summed E-state index contributed by atoms with van der Waals surface area (Å²) < 4.78 is 23.6. The van der Waals surface area contributed by atoms with E-state index in [2.05, 4.69) is 23.9 Å². The molecule has 0 aliphatic carbocycles. The van der Waals surface area contributed by atoms with Gasteiger partial charge in [-0.15, -0.1) is 0 Å². The molecule has 6 nitrogen and oxygen atoms in total. The first-order valence-electron chi connectivity index (χ1n) is 10.2. The smallest absolute Gasteiger partial charge is 0.404 e. The number of rotatable bonds is 8. The first kappa shape index (κ1) is 20.6. The van der Waals surface area contributed by atoms with Crippen LogP contribution in [0.1, 0.15) is 64.0 Å². The zero-order valence-corrected chi connectivity index (χ0v) is 16.7. The molecule has 2 N–H and O–H groups in total. The van der Waals surface area contributed by atoms with Crippen LogP contribution in [0.2, 0.25) is 0 Å². The van der Waals surface area contributed by atoms with Crippen LogP contribution in [0.5, 0.6) is 0 Å². The average molecular weight is 391 g/mol. The molecule has 1 amide bonds. The second-order valence-corrected chi connectivity index (χ2v) is 7.67. The fourth-order valence-corrected chi connectivity index (χ4v) is 4.64.